The lowest BCUT2D eigenvalue weighted by atomic mass is 10.0. The first-order valence-electron chi connectivity index (χ1n) is 28.6. The summed E-state index contributed by atoms with van der Waals surface area (Å²) in [5, 5.41) is 23.1. The third-order valence-electron chi connectivity index (χ3n) is 13.2. The predicted molar refractivity (Wildman–Crippen MR) is 278 cm³/mol. The van der Waals surface area contributed by atoms with Crippen LogP contribution in [0.25, 0.3) is 0 Å². The van der Waals surface area contributed by atoms with Gasteiger partial charge in [0.05, 0.1) is 25.4 Å². The Labute approximate surface area is 399 Å². The molecular weight excluding hydrogens is 791 g/mol. The van der Waals surface area contributed by atoms with E-state index in [1.165, 1.54) is 231 Å². The molecule has 0 heterocycles. The second kappa shape index (κ2) is 54.0. The Morgan fingerprint density at radius 3 is 1.11 bits per heavy atom. The maximum absolute atomic E-state index is 12.4. The van der Waals surface area contributed by atoms with Crippen LogP contribution in [0.1, 0.15) is 309 Å². The van der Waals surface area contributed by atoms with Crippen LogP contribution in [0.5, 0.6) is 0 Å². The van der Waals surface area contributed by atoms with E-state index in [0.717, 1.165) is 44.9 Å². The van der Waals surface area contributed by atoms with Crippen LogP contribution in [0.4, 0.5) is 0 Å². The number of esters is 1. The molecule has 0 aliphatic carbocycles. The number of hydrogen-bond acceptors (Lipinski definition) is 5. The lowest BCUT2D eigenvalue weighted by Crippen LogP contribution is -2.45. The lowest BCUT2D eigenvalue weighted by molar-refractivity contribution is -0.143. The molecule has 0 aromatic carbocycles. The maximum Gasteiger partial charge on any atom is 0.305 e. The van der Waals surface area contributed by atoms with E-state index in [-0.39, 0.29) is 18.5 Å². The van der Waals surface area contributed by atoms with Gasteiger partial charge in [0.2, 0.25) is 5.91 Å². The Kier molecular flexibility index (Phi) is 52.6. The molecule has 2 unspecified atom stereocenters. The number of rotatable bonds is 53. The fourth-order valence-corrected chi connectivity index (χ4v) is 8.81. The lowest BCUT2D eigenvalue weighted by Gasteiger charge is -2.22. The first-order valence-corrected chi connectivity index (χ1v) is 28.6. The molecule has 0 fully saturated rings. The number of unbranched alkanes of at least 4 members (excludes halogenated alkanes) is 38. The minimum atomic E-state index is -0.664. The molecule has 0 radical (unpaired) electrons. The molecule has 0 bridgehead atoms. The summed E-state index contributed by atoms with van der Waals surface area (Å²) in [6.07, 6.45) is 64.7. The van der Waals surface area contributed by atoms with Gasteiger partial charge in [-0.1, -0.05) is 244 Å². The molecule has 1 amide bonds. The molecule has 378 valence electrons. The quantitative estimate of drug-likeness (QED) is 0.0321. The zero-order valence-corrected chi connectivity index (χ0v) is 43.0. The maximum atomic E-state index is 12.4. The van der Waals surface area contributed by atoms with E-state index in [1.54, 1.807) is 0 Å². The Morgan fingerprint density at radius 1 is 0.422 bits per heavy atom. The average Bonchev–Trinajstić information content (AvgIpc) is 3.29. The number of hydrogen-bond donors (Lipinski definition) is 3. The summed E-state index contributed by atoms with van der Waals surface area (Å²) in [6.45, 7) is 4.92. The van der Waals surface area contributed by atoms with Crippen LogP contribution < -0.4 is 5.32 Å². The van der Waals surface area contributed by atoms with E-state index in [1.807, 2.05) is 0 Å². The molecule has 0 rings (SSSR count). The Bertz CT molecular complexity index is 997. The van der Waals surface area contributed by atoms with Crippen LogP contribution >= 0.6 is 0 Å². The van der Waals surface area contributed by atoms with Crippen molar-refractivity contribution in [1.29, 1.82) is 0 Å². The summed E-state index contributed by atoms with van der Waals surface area (Å²) in [7, 11) is 0. The van der Waals surface area contributed by atoms with Gasteiger partial charge in [-0.05, 0) is 77.0 Å². The molecule has 0 aliphatic rings. The first-order chi connectivity index (χ1) is 31.5. The molecular formula is C58H111NO5. The number of carbonyl (C=O) groups excluding carboxylic acids is 2. The summed E-state index contributed by atoms with van der Waals surface area (Å²) in [5.74, 6) is -0.0379. The number of ether oxygens (including phenoxy) is 1. The highest BCUT2D eigenvalue weighted by Gasteiger charge is 2.20. The van der Waals surface area contributed by atoms with Crippen molar-refractivity contribution in [3.05, 3.63) is 24.3 Å². The van der Waals surface area contributed by atoms with Crippen LogP contribution in [0.15, 0.2) is 24.3 Å². The molecule has 6 heteroatoms. The van der Waals surface area contributed by atoms with Crippen molar-refractivity contribution in [2.75, 3.05) is 13.2 Å². The molecule has 3 N–H and O–H groups in total. The van der Waals surface area contributed by atoms with Crippen LogP contribution in [-0.4, -0.2) is 47.4 Å². The Morgan fingerprint density at radius 2 is 0.734 bits per heavy atom. The predicted octanol–water partition coefficient (Wildman–Crippen LogP) is 17.5. The Hall–Kier alpha value is -1.66. The van der Waals surface area contributed by atoms with Gasteiger partial charge >= 0.3 is 5.97 Å². The SMILES string of the molecule is CCCCCCC/C=C\CCCCCCCC(=O)OCCCCCCCCCCCCCC/C=C\CCCCCCCCCCC(=O)NC(CO)C(O)CCCCCCCCCCC. The second-order valence-electron chi connectivity index (χ2n) is 19.6. The van der Waals surface area contributed by atoms with Crippen molar-refractivity contribution >= 4 is 11.9 Å². The van der Waals surface area contributed by atoms with Gasteiger partial charge in [0.1, 0.15) is 0 Å². The van der Waals surface area contributed by atoms with Crippen molar-refractivity contribution in [3.63, 3.8) is 0 Å². The van der Waals surface area contributed by atoms with Crippen molar-refractivity contribution in [3.8, 4) is 0 Å². The summed E-state index contributed by atoms with van der Waals surface area (Å²) < 4.78 is 5.47. The molecule has 6 nitrogen and oxygen atoms in total. The van der Waals surface area contributed by atoms with E-state index in [0.29, 0.717) is 25.9 Å². The van der Waals surface area contributed by atoms with E-state index >= 15 is 0 Å². The average molecular weight is 903 g/mol. The van der Waals surface area contributed by atoms with E-state index in [9.17, 15) is 19.8 Å². The van der Waals surface area contributed by atoms with Gasteiger partial charge < -0.3 is 20.3 Å². The molecule has 0 saturated heterocycles. The van der Waals surface area contributed by atoms with Crippen molar-refractivity contribution in [1.82, 2.24) is 5.32 Å². The van der Waals surface area contributed by atoms with E-state index in [2.05, 4.69) is 43.5 Å². The molecule has 0 aromatic heterocycles. The van der Waals surface area contributed by atoms with Gasteiger partial charge in [-0.2, -0.15) is 0 Å². The van der Waals surface area contributed by atoms with Crippen LogP contribution in [0, 0.1) is 0 Å². The van der Waals surface area contributed by atoms with Gasteiger partial charge in [-0.25, -0.2) is 0 Å². The van der Waals surface area contributed by atoms with Gasteiger partial charge in [-0.3, -0.25) is 9.59 Å². The first kappa shape index (κ1) is 62.3. The highest BCUT2D eigenvalue weighted by Crippen LogP contribution is 2.16. The van der Waals surface area contributed by atoms with E-state index in [4.69, 9.17) is 4.74 Å². The van der Waals surface area contributed by atoms with Crippen LogP contribution in [0.2, 0.25) is 0 Å². The van der Waals surface area contributed by atoms with Gasteiger partial charge in [0.25, 0.3) is 0 Å². The number of aliphatic hydroxyl groups is 2. The zero-order valence-electron chi connectivity index (χ0n) is 43.0. The molecule has 0 aliphatic heterocycles. The fraction of sp³-hybridized carbons (Fsp3) is 0.897. The minimum Gasteiger partial charge on any atom is -0.466 e. The number of aliphatic hydroxyl groups excluding tert-OH is 2. The Balaban J connectivity index is 3.37. The number of amides is 1. The highest BCUT2D eigenvalue weighted by atomic mass is 16.5. The number of nitrogens with one attached hydrogen (secondary N) is 1. The third-order valence-corrected chi connectivity index (χ3v) is 13.2. The van der Waals surface area contributed by atoms with Gasteiger partial charge in [0, 0.05) is 12.8 Å². The van der Waals surface area contributed by atoms with Gasteiger partial charge in [-0.15, -0.1) is 0 Å². The number of allylic oxidation sites excluding steroid dienone is 4. The molecule has 0 spiro atoms. The van der Waals surface area contributed by atoms with Crippen LogP contribution in [0.3, 0.4) is 0 Å². The molecule has 0 aromatic rings. The van der Waals surface area contributed by atoms with Crippen LogP contribution in [-0.2, 0) is 14.3 Å². The topological polar surface area (TPSA) is 95.9 Å². The largest absolute Gasteiger partial charge is 0.466 e. The molecule has 2 atom stereocenters. The smallest absolute Gasteiger partial charge is 0.305 e. The normalized spacial score (nSPS) is 12.8. The molecule has 0 saturated carbocycles. The fourth-order valence-electron chi connectivity index (χ4n) is 8.81. The number of carbonyl (C=O) groups is 2. The summed E-state index contributed by atoms with van der Waals surface area (Å²) in [6, 6.07) is -0.542. The second-order valence-corrected chi connectivity index (χ2v) is 19.6. The summed E-state index contributed by atoms with van der Waals surface area (Å²) >= 11 is 0. The van der Waals surface area contributed by atoms with E-state index < -0.39 is 12.1 Å². The minimum absolute atomic E-state index is 0.00382. The monoisotopic (exact) mass is 902 g/mol. The zero-order chi connectivity index (χ0) is 46.5. The van der Waals surface area contributed by atoms with Gasteiger partial charge in [0.15, 0.2) is 0 Å². The molecule has 64 heavy (non-hydrogen) atoms. The highest BCUT2D eigenvalue weighted by molar-refractivity contribution is 5.76. The van der Waals surface area contributed by atoms with Crippen molar-refractivity contribution < 1.29 is 24.5 Å². The third kappa shape index (κ3) is 49.8. The standard InChI is InChI=1S/C58H111NO5/c1-3-5-7-9-11-13-14-15-29-32-36-40-44-48-52-58(63)64-53-49-45-41-37-33-30-27-25-23-21-19-17-16-18-20-22-24-26-28-31-35-39-43-47-51-57(62)59-55(54-60)56(61)50-46-42-38-34-12-10-8-6-4-2/h14-15,18,20,55-56,60-61H,3-13,16-17,19,21-54H2,1-2H3,(H,59,62)/b15-14-,20-18-. The van der Waals surface area contributed by atoms with Crippen molar-refractivity contribution in [2.45, 2.75) is 321 Å². The summed E-state index contributed by atoms with van der Waals surface area (Å²) in [4.78, 5) is 24.4. The summed E-state index contributed by atoms with van der Waals surface area (Å²) in [5.41, 5.74) is 0. The van der Waals surface area contributed by atoms with Crippen molar-refractivity contribution in [2.24, 2.45) is 0 Å².